The van der Waals surface area contributed by atoms with E-state index in [0.29, 0.717) is 5.88 Å². The lowest BCUT2D eigenvalue weighted by Crippen LogP contribution is -1.83. The van der Waals surface area contributed by atoms with Crippen LogP contribution in [0.1, 0.15) is 31.4 Å². The molecule has 14 heavy (non-hydrogen) atoms. The van der Waals surface area contributed by atoms with Gasteiger partial charge in [-0.15, -0.1) is 11.6 Å². The van der Waals surface area contributed by atoms with Crippen LogP contribution in [0.4, 0.5) is 0 Å². The summed E-state index contributed by atoms with van der Waals surface area (Å²) in [5.74, 6) is 0.699. The van der Waals surface area contributed by atoms with E-state index in [2.05, 4.69) is 44.2 Å². The minimum absolute atomic E-state index is 0.699. The quantitative estimate of drug-likeness (QED) is 0.648. The second-order valence-electron chi connectivity index (χ2n) is 3.42. The number of benzene rings is 1. The summed E-state index contributed by atoms with van der Waals surface area (Å²) in [7, 11) is 0. The van der Waals surface area contributed by atoms with E-state index in [9.17, 15) is 0 Å². The Morgan fingerprint density at radius 2 is 1.93 bits per heavy atom. The fourth-order valence-corrected chi connectivity index (χ4v) is 1.50. The molecule has 1 rings (SSSR count). The summed E-state index contributed by atoms with van der Waals surface area (Å²) in [5, 5.41) is 0. The fourth-order valence-electron chi connectivity index (χ4n) is 1.39. The zero-order chi connectivity index (χ0) is 10.4. The molecule has 0 unspecified atom stereocenters. The van der Waals surface area contributed by atoms with Crippen molar-refractivity contribution in [1.82, 2.24) is 0 Å². The second kappa shape index (κ2) is 5.87. The molecule has 1 heteroatoms. The van der Waals surface area contributed by atoms with Crippen LogP contribution >= 0.6 is 11.6 Å². The van der Waals surface area contributed by atoms with Crippen LogP contribution in [0.3, 0.4) is 0 Å². The standard InChI is InChI=1S/C13H17Cl/c1-3-12-6-8-13(9-7-12)11(2)5-4-10-14/h5-9H,3-4,10H2,1-2H3. The van der Waals surface area contributed by atoms with Gasteiger partial charge in [-0.1, -0.05) is 37.3 Å². The normalized spacial score (nSPS) is 11.8. The molecule has 76 valence electrons. The van der Waals surface area contributed by atoms with E-state index >= 15 is 0 Å². The van der Waals surface area contributed by atoms with Gasteiger partial charge in [-0.3, -0.25) is 0 Å². The first-order chi connectivity index (χ1) is 6.77. The topological polar surface area (TPSA) is 0 Å². The highest BCUT2D eigenvalue weighted by molar-refractivity contribution is 6.17. The molecule has 0 fully saturated rings. The van der Waals surface area contributed by atoms with Gasteiger partial charge in [0.1, 0.15) is 0 Å². The molecule has 0 aliphatic heterocycles. The molecule has 0 aliphatic rings. The monoisotopic (exact) mass is 208 g/mol. The molecule has 0 N–H and O–H groups in total. The zero-order valence-corrected chi connectivity index (χ0v) is 9.64. The van der Waals surface area contributed by atoms with Crippen molar-refractivity contribution in [1.29, 1.82) is 0 Å². The van der Waals surface area contributed by atoms with Gasteiger partial charge in [0.2, 0.25) is 0 Å². The van der Waals surface area contributed by atoms with E-state index in [-0.39, 0.29) is 0 Å². The molecule has 0 atom stereocenters. The van der Waals surface area contributed by atoms with Gasteiger partial charge in [0.15, 0.2) is 0 Å². The lowest BCUT2D eigenvalue weighted by atomic mass is 10.0. The van der Waals surface area contributed by atoms with E-state index in [1.54, 1.807) is 0 Å². The van der Waals surface area contributed by atoms with Crippen LogP contribution < -0.4 is 0 Å². The van der Waals surface area contributed by atoms with Crippen molar-refractivity contribution >= 4 is 17.2 Å². The molecule has 0 spiro atoms. The van der Waals surface area contributed by atoms with Gasteiger partial charge in [0.05, 0.1) is 0 Å². The molecular formula is C13H17Cl. The highest BCUT2D eigenvalue weighted by atomic mass is 35.5. The Morgan fingerprint density at radius 1 is 1.29 bits per heavy atom. The van der Waals surface area contributed by atoms with Gasteiger partial charge in [-0.05, 0) is 36.5 Å². The first kappa shape index (κ1) is 11.3. The van der Waals surface area contributed by atoms with Crippen LogP contribution in [-0.4, -0.2) is 5.88 Å². The summed E-state index contributed by atoms with van der Waals surface area (Å²) in [6.45, 7) is 4.30. The predicted molar refractivity (Wildman–Crippen MR) is 64.8 cm³/mol. The summed E-state index contributed by atoms with van der Waals surface area (Å²) in [6.07, 6.45) is 4.24. The molecule has 1 aromatic rings. The average Bonchev–Trinajstić information content (AvgIpc) is 2.26. The van der Waals surface area contributed by atoms with Crippen LogP contribution in [0.15, 0.2) is 30.3 Å². The number of hydrogen-bond acceptors (Lipinski definition) is 0. The maximum atomic E-state index is 5.64. The Hall–Kier alpha value is -0.750. The Kier molecular flexibility index (Phi) is 4.75. The molecule has 0 aromatic heterocycles. The van der Waals surface area contributed by atoms with E-state index in [1.165, 1.54) is 16.7 Å². The number of aryl methyl sites for hydroxylation is 1. The first-order valence-electron chi connectivity index (χ1n) is 5.10. The van der Waals surface area contributed by atoms with Gasteiger partial charge in [-0.25, -0.2) is 0 Å². The van der Waals surface area contributed by atoms with Gasteiger partial charge >= 0.3 is 0 Å². The summed E-state index contributed by atoms with van der Waals surface area (Å²) in [4.78, 5) is 0. The van der Waals surface area contributed by atoms with Crippen molar-refractivity contribution in [2.24, 2.45) is 0 Å². The van der Waals surface area contributed by atoms with Crippen LogP contribution in [0.5, 0.6) is 0 Å². The molecule has 0 saturated carbocycles. The SMILES string of the molecule is CCc1ccc(C(C)=CCCCl)cc1. The lowest BCUT2D eigenvalue weighted by molar-refractivity contribution is 1.14. The van der Waals surface area contributed by atoms with Crippen LogP contribution in [-0.2, 0) is 6.42 Å². The maximum absolute atomic E-state index is 5.64. The van der Waals surface area contributed by atoms with E-state index in [1.807, 2.05) is 0 Å². The van der Waals surface area contributed by atoms with Crippen molar-refractivity contribution in [3.8, 4) is 0 Å². The molecule has 0 saturated heterocycles. The summed E-state index contributed by atoms with van der Waals surface area (Å²) < 4.78 is 0. The van der Waals surface area contributed by atoms with Crippen molar-refractivity contribution in [2.45, 2.75) is 26.7 Å². The molecule has 0 aliphatic carbocycles. The van der Waals surface area contributed by atoms with Gasteiger partial charge < -0.3 is 0 Å². The Balaban J connectivity index is 2.76. The van der Waals surface area contributed by atoms with Crippen molar-refractivity contribution < 1.29 is 0 Å². The van der Waals surface area contributed by atoms with E-state index in [4.69, 9.17) is 11.6 Å². The van der Waals surface area contributed by atoms with Crippen molar-refractivity contribution in [3.05, 3.63) is 41.5 Å². The molecule has 0 bridgehead atoms. The third kappa shape index (κ3) is 3.19. The fraction of sp³-hybridized carbons (Fsp3) is 0.385. The molecule has 0 amide bonds. The van der Waals surface area contributed by atoms with Crippen molar-refractivity contribution in [2.75, 3.05) is 5.88 Å². The maximum Gasteiger partial charge on any atom is 0.0258 e. The smallest absolute Gasteiger partial charge is 0.0258 e. The Morgan fingerprint density at radius 3 is 2.43 bits per heavy atom. The number of hydrogen-bond donors (Lipinski definition) is 0. The number of rotatable bonds is 4. The summed E-state index contributed by atoms with van der Waals surface area (Å²) >= 11 is 5.64. The Labute approximate surface area is 91.6 Å². The van der Waals surface area contributed by atoms with Gasteiger partial charge in [0, 0.05) is 5.88 Å². The largest absolute Gasteiger partial charge is 0.126 e. The second-order valence-corrected chi connectivity index (χ2v) is 3.79. The predicted octanol–water partition coefficient (Wildman–Crippen LogP) is 4.28. The van der Waals surface area contributed by atoms with Crippen LogP contribution in [0, 0.1) is 0 Å². The molecule has 0 radical (unpaired) electrons. The molecule has 1 aromatic carbocycles. The summed E-state index contributed by atoms with van der Waals surface area (Å²) in [6, 6.07) is 8.73. The Bertz CT molecular complexity index is 296. The van der Waals surface area contributed by atoms with Crippen molar-refractivity contribution in [3.63, 3.8) is 0 Å². The lowest BCUT2D eigenvalue weighted by Gasteiger charge is -2.02. The van der Waals surface area contributed by atoms with E-state index < -0.39 is 0 Å². The highest BCUT2D eigenvalue weighted by Gasteiger charge is 1.94. The first-order valence-corrected chi connectivity index (χ1v) is 5.63. The van der Waals surface area contributed by atoms with Gasteiger partial charge in [0.25, 0.3) is 0 Å². The number of allylic oxidation sites excluding steroid dienone is 2. The van der Waals surface area contributed by atoms with Gasteiger partial charge in [-0.2, -0.15) is 0 Å². The highest BCUT2D eigenvalue weighted by Crippen LogP contribution is 2.15. The minimum atomic E-state index is 0.699. The summed E-state index contributed by atoms with van der Waals surface area (Å²) in [5.41, 5.74) is 4.00. The molecule has 0 heterocycles. The van der Waals surface area contributed by atoms with Crippen LogP contribution in [0.25, 0.3) is 5.57 Å². The molecular weight excluding hydrogens is 192 g/mol. The average molecular weight is 209 g/mol. The zero-order valence-electron chi connectivity index (χ0n) is 8.89. The number of alkyl halides is 1. The van der Waals surface area contributed by atoms with Crippen LogP contribution in [0.2, 0.25) is 0 Å². The third-order valence-corrected chi connectivity index (χ3v) is 2.60. The van der Waals surface area contributed by atoms with E-state index in [0.717, 1.165) is 12.8 Å². The molecule has 0 nitrogen and oxygen atoms in total. The third-order valence-electron chi connectivity index (χ3n) is 2.38. The minimum Gasteiger partial charge on any atom is -0.126 e. The number of halogens is 1.